The normalized spacial score (nSPS) is 15.4. The molecule has 3 rings (SSSR count). The molecule has 1 aliphatic rings. The van der Waals surface area contributed by atoms with Gasteiger partial charge in [-0.25, -0.2) is 12.7 Å². The number of alkyl halides is 2. The van der Waals surface area contributed by atoms with Crippen LogP contribution in [0.15, 0.2) is 17.0 Å². The number of hydrogen-bond donors (Lipinski definition) is 0. The number of unbranched alkanes of at least 4 members (excludes halogenated alkanes) is 1. The van der Waals surface area contributed by atoms with Crippen molar-refractivity contribution < 1.29 is 17.2 Å². The van der Waals surface area contributed by atoms with Crippen molar-refractivity contribution in [2.45, 2.75) is 83.1 Å². The lowest BCUT2D eigenvalue weighted by molar-refractivity contribution is 0.161. The molecule has 0 atom stereocenters. The lowest BCUT2D eigenvalue weighted by Crippen LogP contribution is -2.36. The first kappa shape index (κ1) is 26.2. The van der Waals surface area contributed by atoms with E-state index < -0.39 is 21.5 Å². The zero-order valence-corrected chi connectivity index (χ0v) is 21.6. The fraction of sp³-hybridized carbons (Fsp3) is 0.609. The Morgan fingerprint density at radius 3 is 2.24 bits per heavy atom. The first-order valence-corrected chi connectivity index (χ1v) is 13.5. The Hall–Kier alpha value is -1.38. The maximum absolute atomic E-state index is 14.1. The number of anilines is 1. The van der Waals surface area contributed by atoms with Crippen LogP contribution in [0.1, 0.15) is 68.3 Å². The highest BCUT2D eigenvalue weighted by molar-refractivity contribution is 7.93. The average Bonchev–Trinajstić information content (AvgIpc) is 2.97. The molecule has 1 aliphatic carbocycles. The van der Waals surface area contributed by atoms with Gasteiger partial charge < -0.3 is 0 Å². The van der Waals surface area contributed by atoms with Gasteiger partial charge in [0.2, 0.25) is 0 Å². The van der Waals surface area contributed by atoms with E-state index >= 15 is 0 Å². The summed E-state index contributed by atoms with van der Waals surface area (Å²) in [6.45, 7) is -0.324. The van der Waals surface area contributed by atoms with E-state index in [1.54, 1.807) is 7.05 Å². The molecule has 2 aromatic rings. The molecule has 0 radical (unpaired) electrons. The van der Waals surface area contributed by atoms with Crippen molar-refractivity contribution in [1.82, 2.24) is 9.78 Å². The van der Waals surface area contributed by atoms with Crippen molar-refractivity contribution in [3.63, 3.8) is 0 Å². The molecular formula is C23H31Cl2F2N3O2S. The molecule has 1 aromatic carbocycles. The minimum atomic E-state index is -4.74. The molecule has 1 heterocycles. The summed E-state index contributed by atoms with van der Waals surface area (Å²) in [4.78, 5) is -0.514. The van der Waals surface area contributed by atoms with Crippen LogP contribution in [0.25, 0.3) is 0 Å². The molecule has 1 fully saturated rings. The Morgan fingerprint density at radius 1 is 1.12 bits per heavy atom. The van der Waals surface area contributed by atoms with Crippen LogP contribution < -0.4 is 4.31 Å². The van der Waals surface area contributed by atoms with Gasteiger partial charge in [0.25, 0.3) is 10.0 Å². The number of aryl methyl sites for hydroxylation is 3. The highest BCUT2D eigenvalue weighted by Crippen LogP contribution is 2.39. The van der Waals surface area contributed by atoms with Crippen LogP contribution >= 0.6 is 23.2 Å². The third kappa shape index (κ3) is 5.82. The van der Waals surface area contributed by atoms with E-state index in [1.807, 2.05) is 0 Å². The zero-order chi connectivity index (χ0) is 24.3. The largest absolute Gasteiger partial charge is 0.328 e. The molecule has 10 heteroatoms. The minimum Gasteiger partial charge on any atom is -0.270 e. The number of sulfonamides is 1. The van der Waals surface area contributed by atoms with Crippen LogP contribution in [0, 0.1) is 19.8 Å². The van der Waals surface area contributed by atoms with E-state index in [1.165, 1.54) is 69.2 Å². The van der Waals surface area contributed by atoms with Gasteiger partial charge in [0.1, 0.15) is 10.6 Å². The zero-order valence-electron chi connectivity index (χ0n) is 19.3. The standard InChI is InChI=1S/C23H31Cl2F2N3O2S/c1-15-21(16(2)29(3)28-15)30(23(26)27)33(31,32)22-19(24)13-18(14-20(22)25)12-8-7-11-17-9-5-4-6-10-17/h13-14,17,23H,4-12H2,1-3H3. The van der Waals surface area contributed by atoms with Crippen molar-refractivity contribution in [3.8, 4) is 0 Å². The molecule has 0 saturated heterocycles. The quantitative estimate of drug-likeness (QED) is 0.262. The van der Waals surface area contributed by atoms with Gasteiger partial charge in [-0.3, -0.25) is 4.68 Å². The molecule has 5 nitrogen and oxygen atoms in total. The van der Waals surface area contributed by atoms with Crippen molar-refractivity contribution in [1.29, 1.82) is 0 Å². The maximum atomic E-state index is 14.1. The van der Waals surface area contributed by atoms with E-state index in [0.29, 0.717) is 12.1 Å². The Bertz CT molecular complexity index is 1060. The minimum absolute atomic E-state index is 0.0571. The molecule has 0 N–H and O–H groups in total. The summed E-state index contributed by atoms with van der Waals surface area (Å²) in [6.07, 6.45) is 10.5. The monoisotopic (exact) mass is 521 g/mol. The number of rotatable bonds is 9. The summed E-state index contributed by atoms with van der Waals surface area (Å²) in [6, 6.07) is 3.04. The van der Waals surface area contributed by atoms with Gasteiger partial charge in [-0.1, -0.05) is 68.1 Å². The third-order valence-corrected chi connectivity index (χ3v) is 9.13. The Balaban J connectivity index is 1.81. The summed E-state index contributed by atoms with van der Waals surface area (Å²) in [7, 11) is -3.18. The lowest BCUT2D eigenvalue weighted by Gasteiger charge is -2.25. The van der Waals surface area contributed by atoms with Gasteiger partial charge in [0.15, 0.2) is 0 Å². The summed E-state index contributed by atoms with van der Waals surface area (Å²) in [5.41, 5.74) is 1.08. The summed E-state index contributed by atoms with van der Waals surface area (Å²) in [5, 5.41) is 3.75. The summed E-state index contributed by atoms with van der Waals surface area (Å²) < 4.78 is 56.2. The first-order valence-electron chi connectivity index (χ1n) is 11.3. The second kappa shape index (κ2) is 10.9. The van der Waals surface area contributed by atoms with E-state index in [4.69, 9.17) is 23.2 Å². The number of halogens is 4. The fourth-order valence-corrected chi connectivity index (χ4v) is 7.38. The second-order valence-corrected chi connectivity index (χ2v) is 11.4. The first-order chi connectivity index (χ1) is 15.5. The van der Waals surface area contributed by atoms with Gasteiger partial charge >= 0.3 is 6.55 Å². The van der Waals surface area contributed by atoms with Crippen molar-refractivity contribution in [2.24, 2.45) is 13.0 Å². The summed E-state index contributed by atoms with van der Waals surface area (Å²) >= 11 is 12.6. The van der Waals surface area contributed by atoms with Crippen LogP contribution in [-0.2, 0) is 23.5 Å². The molecule has 0 bridgehead atoms. The van der Waals surface area contributed by atoms with Crippen LogP contribution in [0.3, 0.4) is 0 Å². The Kier molecular flexibility index (Phi) is 8.67. The SMILES string of the molecule is Cc1nn(C)c(C)c1N(C(F)F)S(=O)(=O)c1c(Cl)cc(CCCCC2CCCCC2)cc1Cl. The Labute approximate surface area is 205 Å². The van der Waals surface area contributed by atoms with Gasteiger partial charge in [-0.15, -0.1) is 0 Å². The van der Waals surface area contributed by atoms with Crippen molar-refractivity contribution in [2.75, 3.05) is 4.31 Å². The van der Waals surface area contributed by atoms with Crippen molar-refractivity contribution >= 4 is 38.9 Å². The van der Waals surface area contributed by atoms with E-state index in [2.05, 4.69) is 5.10 Å². The number of nitrogens with zero attached hydrogens (tertiary/aromatic N) is 3. The third-order valence-electron chi connectivity index (χ3n) is 6.50. The fourth-order valence-electron chi connectivity index (χ4n) is 4.74. The molecule has 184 valence electrons. The molecular weight excluding hydrogens is 491 g/mol. The lowest BCUT2D eigenvalue weighted by atomic mass is 9.85. The molecule has 0 spiro atoms. The summed E-state index contributed by atoms with van der Waals surface area (Å²) in [5.74, 6) is 0.804. The predicted octanol–water partition coefficient (Wildman–Crippen LogP) is 7.05. The van der Waals surface area contributed by atoms with Crippen LogP contribution in [0.4, 0.5) is 14.5 Å². The van der Waals surface area contributed by atoms with Crippen molar-refractivity contribution in [3.05, 3.63) is 39.1 Å². The molecule has 0 unspecified atom stereocenters. The van der Waals surface area contributed by atoms with Gasteiger partial charge in [-0.2, -0.15) is 13.9 Å². The number of benzene rings is 1. The van der Waals surface area contributed by atoms with E-state index in [9.17, 15) is 17.2 Å². The van der Waals surface area contributed by atoms with Gasteiger partial charge in [-0.05, 0) is 50.3 Å². The molecule has 0 amide bonds. The molecule has 1 aromatic heterocycles. The van der Waals surface area contributed by atoms with Gasteiger partial charge in [0.05, 0.1) is 21.4 Å². The van der Waals surface area contributed by atoms with Crippen LogP contribution in [-0.4, -0.2) is 24.7 Å². The highest BCUT2D eigenvalue weighted by Gasteiger charge is 2.38. The number of hydrogen-bond acceptors (Lipinski definition) is 3. The smallest absolute Gasteiger partial charge is 0.270 e. The van der Waals surface area contributed by atoms with Gasteiger partial charge in [0, 0.05) is 7.05 Å². The second-order valence-electron chi connectivity index (χ2n) is 8.86. The van der Waals surface area contributed by atoms with Crippen LogP contribution in [0.2, 0.25) is 10.0 Å². The molecule has 33 heavy (non-hydrogen) atoms. The predicted molar refractivity (Wildman–Crippen MR) is 129 cm³/mol. The topological polar surface area (TPSA) is 55.2 Å². The molecule has 1 saturated carbocycles. The number of aromatic nitrogens is 2. The Morgan fingerprint density at radius 2 is 1.73 bits per heavy atom. The maximum Gasteiger partial charge on any atom is 0.328 e. The van der Waals surface area contributed by atoms with E-state index in [0.717, 1.165) is 24.3 Å². The van der Waals surface area contributed by atoms with Crippen LogP contribution in [0.5, 0.6) is 0 Å². The van der Waals surface area contributed by atoms with E-state index in [-0.39, 0.29) is 25.7 Å². The molecule has 0 aliphatic heterocycles. The average molecular weight is 522 g/mol. The highest BCUT2D eigenvalue weighted by atomic mass is 35.5.